The van der Waals surface area contributed by atoms with Gasteiger partial charge < -0.3 is 4.74 Å². The van der Waals surface area contributed by atoms with E-state index in [0.29, 0.717) is 12.2 Å². The molecule has 16 heavy (non-hydrogen) atoms. The molecule has 2 rings (SSSR count). The zero-order chi connectivity index (χ0) is 11.5. The van der Waals surface area contributed by atoms with E-state index in [1.807, 2.05) is 0 Å². The van der Waals surface area contributed by atoms with Gasteiger partial charge in [-0.25, -0.2) is 0 Å². The number of morpholine rings is 1. The van der Waals surface area contributed by atoms with Crippen molar-refractivity contribution in [2.24, 2.45) is 0 Å². The highest BCUT2D eigenvalue weighted by Crippen LogP contribution is 2.16. The fourth-order valence-electron chi connectivity index (χ4n) is 2.44. The third-order valence-electron chi connectivity index (χ3n) is 3.15. The van der Waals surface area contributed by atoms with Gasteiger partial charge >= 0.3 is 0 Å². The number of rotatable bonds is 2. The van der Waals surface area contributed by atoms with Crippen molar-refractivity contribution in [1.82, 2.24) is 4.90 Å². The van der Waals surface area contributed by atoms with Crippen LogP contribution in [0.25, 0.3) is 0 Å². The molecular weight excluding hydrogens is 198 g/mol. The lowest BCUT2D eigenvalue weighted by atomic mass is 10.1. The molecule has 0 saturated carbocycles. The maximum Gasteiger partial charge on any atom is 0.0678 e. The summed E-state index contributed by atoms with van der Waals surface area (Å²) in [6.07, 6.45) is 0.709. The molecule has 1 saturated heterocycles. The predicted octanol–water partition coefficient (Wildman–Crippen LogP) is 2.60. The van der Waals surface area contributed by atoms with Gasteiger partial charge in [-0.1, -0.05) is 24.3 Å². The maximum absolute atomic E-state index is 5.74. The first kappa shape index (κ1) is 11.6. The van der Waals surface area contributed by atoms with Crippen LogP contribution < -0.4 is 0 Å². The molecule has 0 aliphatic carbocycles. The van der Waals surface area contributed by atoms with Gasteiger partial charge in [-0.05, 0) is 31.9 Å². The summed E-state index contributed by atoms with van der Waals surface area (Å²) in [5.41, 5.74) is 2.82. The zero-order valence-corrected chi connectivity index (χ0v) is 10.4. The lowest BCUT2D eigenvalue weighted by Crippen LogP contribution is -2.44. The van der Waals surface area contributed by atoms with Gasteiger partial charge in [0.15, 0.2) is 0 Å². The molecular formula is C14H21NO. The van der Waals surface area contributed by atoms with Gasteiger partial charge in [0.25, 0.3) is 0 Å². The monoisotopic (exact) mass is 219 g/mol. The predicted molar refractivity (Wildman–Crippen MR) is 66.5 cm³/mol. The highest BCUT2D eigenvalue weighted by atomic mass is 16.5. The molecule has 1 aliphatic rings. The molecule has 0 unspecified atom stereocenters. The third-order valence-corrected chi connectivity index (χ3v) is 3.15. The van der Waals surface area contributed by atoms with Crippen molar-refractivity contribution < 1.29 is 4.74 Å². The average Bonchev–Trinajstić information content (AvgIpc) is 2.20. The van der Waals surface area contributed by atoms with Crippen molar-refractivity contribution in [2.45, 2.75) is 39.5 Å². The molecule has 1 aromatic rings. The molecule has 2 nitrogen and oxygen atoms in total. The smallest absolute Gasteiger partial charge is 0.0678 e. The Morgan fingerprint density at radius 3 is 2.44 bits per heavy atom. The summed E-state index contributed by atoms with van der Waals surface area (Å²) in [6.45, 7) is 9.62. The Bertz CT molecular complexity index is 340. The molecule has 0 aromatic heterocycles. The molecule has 88 valence electrons. The van der Waals surface area contributed by atoms with E-state index in [0.717, 1.165) is 19.6 Å². The van der Waals surface area contributed by atoms with Crippen molar-refractivity contribution >= 4 is 0 Å². The van der Waals surface area contributed by atoms with Gasteiger partial charge in [0, 0.05) is 19.6 Å². The van der Waals surface area contributed by atoms with Gasteiger partial charge in [-0.3, -0.25) is 4.90 Å². The average molecular weight is 219 g/mol. The molecule has 2 heteroatoms. The summed E-state index contributed by atoms with van der Waals surface area (Å²) < 4.78 is 5.74. The van der Waals surface area contributed by atoms with E-state index >= 15 is 0 Å². The van der Waals surface area contributed by atoms with Crippen LogP contribution >= 0.6 is 0 Å². The van der Waals surface area contributed by atoms with E-state index in [1.165, 1.54) is 11.1 Å². The SMILES string of the molecule is Cc1ccccc1CN1C[C@@H](C)O[C@@H](C)C1. The highest BCUT2D eigenvalue weighted by molar-refractivity contribution is 5.25. The summed E-state index contributed by atoms with van der Waals surface area (Å²) >= 11 is 0. The molecule has 2 atom stereocenters. The van der Waals surface area contributed by atoms with Crippen LogP contribution in [0.5, 0.6) is 0 Å². The van der Waals surface area contributed by atoms with Crippen LogP contribution in [-0.4, -0.2) is 30.2 Å². The molecule has 1 aliphatic heterocycles. The Labute approximate surface area is 98.2 Å². The fraction of sp³-hybridized carbons (Fsp3) is 0.571. The number of aryl methyl sites for hydroxylation is 1. The number of hydrogen-bond donors (Lipinski definition) is 0. The van der Waals surface area contributed by atoms with Crippen molar-refractivity contribution in [3.63, 3.8) is 0 Å². The second kappa shape index (κ2) is 4.98. The molecule has 1 aromatic carbocycles. The topological polar surface area (TPSA) is 12.5 Å². The quantitative estimate of drug-likeness (QED) is 0.758. The Hall–Kier alpha value is -0.860. The molecule has 0 bridgehead atoms. The van der Waals surface area contributed by atoms with Crippen LogP contribution in [0.4, 0.5) is 0 Å². The molecule has 0 radical (unpaired) electrons. The van der Waals surface area contributed by atoms with Crippen molar-refractivity contribution in [3.8, 4) is 0 Å². The van der Waals surface area contributed by atoms with E-state index in [2.05, 4.69) is 49.9 Å². The minimum Gasteiger partial charge on any atom is -0.373 e. The fourth-order valence-corrected chi connectivity index (χ4v) is 2.44. The number of ether oxygens (including phenoxy) is 1. The number of nitrogens with zero attached hydrogens (tertiary/aromatic N) is 1. The van der Waals surface area contributed by atoms with Crippen molar-refractivity contribution in [2.75, 3.05) is 13.1 Å². The number of benzene rings is 1. The minimum absolute atomic E-state index is 0.354. The van der Waals surface area contributed by atoms with Gasteiger partial charge in [-0.2, -0.15) is 0 Å². The molecule has 1 fully saturated rings. The van der Waals surface area contributed by atoms with Crippen LogP contribution in [0.1, 0.15) is 25.0 Å². The normalized spacial score (nSPS) is 26.9. The van der Waals surface area contributed by atoms with Crippen LogP contribution in [0.15, 0.2) is 24.3 Å². The van der Waals surface area contributed by atoms with Gasteiger partial charge in [0.05, 0.1) is 12.2 Å². The van der Waals surface area contributed by atoms with E-state index < -0.39 is 0 Å². The molecule has 1 heterocycles. The first-order valence-corrected chi connectivity index (χ1v) is 6.07. The van der Waals surface area contributed by atoms with Gasteiger partial charge in [0.1, 0.15) is 0 Å². The summed E-state index contributed by atoms with van der Waals surface area (Å²) in [5, 5.41) is 0. The Kier molecular flexibility index (Phi) is 3.62. The molecule has 0 spiro atoms. The Balaban J connectivity index is 2.02. The van der Waals surface area contributed by atoms with Gasteiger partial charge in [-0.15, -0.1) is 0 Å². The molecule has 0 N–H and O–H groups in total. The summed E-state index contributed by atoms with van der Waals surface area (Å²) in [6, 6.07) is 8.63. The largest absolute Gasteiger partial charge is 0.373 e. The standard InChI is InChI=1S/C14H21NO/c1-11-6-4-5-7-14(11)10-15-8-12(2)16-13(3)9-15/h4-7,12-13H,8-10H2,1-3H3/t12-,13+. The highest BCUT2D eigenvalue weighted by Gasteiger charge is 2.22. The summed E-state index contributed by atoms with van der Waals surface area (Å²) in [7, 11) is 0. The summed E-state index contributed by atoms with van der Waals surface area (Å²) in [5.74, 6) is 0. The minimum atomic E-state index is 0.354. The maximum atomic E-state index is 5.74. The Morgan fingerprint density at radius 1 is 1.19 bits per heavy atom. The lowest BCUT2D eigenvalue weighted by molar-refractivity contribution is -0.0705. The lowest BCUT2D eigenvalue weighted by Gasteiger charge is -2.35. The van der Waals surface area contributed by atoms with Crippen molar-refractivity contribution in [1.29, 1.82) is 0 Å². The zero-order valence-electron chi connectivity index (χ0n) is 10.4. The second-order valence-electron chi connectivity index (χ2n) is 4.88. The van der Waals surface area contributed by atoms with E-state index in [9.17, 15) is 0 Å². The van der Waals surface area contributed by atoms with Gasteiger partial charge in [0.2, 0.25) is 0 Å². The first-order valence-electron chi connectivity index (χ1n) is 6.07. The van der Waals surface area contributed by atoms with E-state index in [1.54, 1.807) is 0 Å². The second-order valence-corrected chi connectivity index (χ2v) is 4.88. The van der Waals surface area contributed by atoms with Crippen LogP contribution in [0.3, 0.4) is 0 Å². The molecule has 0 amide bonds. The Morgan fingerprint density at radius 2 is 1.81 bits per heavy atom. The van der Waals surface area contributed by atoms with Crippen LogP contribution in [-0.2, 0) is 11.3 Å². The van der Waals surface area contributed by atoms with E-state index in [4.69, 9.17) is 4.74 Å². The summed E-state index contributed by atoms with van der Waals surface area (Å²) in [4.78, 5) is 2.49. The third kappa shape index (κ3) is 2.83. The van der Waals surface area contributed by atoms with Crippen molar-refractivity contribution in [3.05, 3.63) is 35.4 Å². The van der Waals surface area contributed by atoms with Crippen LogP contribution in [0.2, 0.25) is 0 Å². The van der Waals surface area contributed by atoms with Crippen LogP contribution in [0, 0.1) is 6.92 Å². The van der Waals surface area contributed by atoms with E-state index in [-0.39, 0.29) is 0 Å². The first-order chi connectivity index (χ1) is 7.65. The number of hydrogen-bond acceptors (Lipinski definition) is 2.